The number of carbonyl (C=O) groups is 1. The van der Waals surface area contributed by atoms with Crippen molar-refractivity contribution in [3.63, 3.8) is 0 Å². The van der Waals surface area contributed by atoms with Gasteiger partial charge >= 0.3 is 5.91 Å². The lowest BCUT2D eigenvalue weighted by Crippen LogP contribution is -2.26. The molecule has 1 N–H and O–H groups in total. The molecule has 0 saturated carbocycles. The summed E-state index contributed by atoms with van der Waals surface area (Å²) in [5, 5.41) is 16.2. The summed E-state index contributed by atoms with van der Waals surface area (Å²) < 4.78 is 10.5. The third-order valence-corrected chi connectivity index (χ3v) is 4.55. The molecule has 0 saturated heterocycles. The number of hydrogen-bond acceptors (Lipinski definition) is 5. The van der Waals surface area contributed by atoms with Gasteiger partial charge in [0.2, 0.25) is 0 Å². The molecule has 6 nitrogen and oxygen atoms in total. The fourth-order valence-corrected chi connectivity index (χ4v) is 3.20. The molecular formula is C21H18N2O4. The van der Waals surface area contributed by atoms with Crippen LogP contribution in [0, 0.1) is 0 Å². The van der Waals surface area contributed by atoms with Gasteiger partial charge in [-0.1, -0.05) is 30.3 Å². The number of rotatable bonds is 4. The zero-order valence-corrected chi connectivity index (χ0v) is 14.7. The summed E-state index contributed by atoms with van der Waals surface area (Å²) in [6.07, 6.45) is 1.92. The predicted molar refractivity (Wildman–Crippen MR) is 99.9 cm³/mol. The van der Waals surface area contributed by atoms with E-state index in [0.717, 1.165) is 11.3 Å². The highest BCUT2D eigenvalue weighted by Gasteiger charge is 2.36. The quantitative estimate of drug-likeness (QED) is 0.762. The van der Waals surface area contributed by atoms with Gasteiger partial charge in [-0.05, 0) is 30.3 Å². The van der Waals surface area contributed by atoms with Crippen LogP contribution in [0.1, 0.15) is 34.1 Å². The molecule has 1 atom stereocenters. The van der Waals surface area contributed by atoms with Crippen molar-refractivity contribution in [3.8, 4) is 11.5 Å². The van der Waals surface area contributed by atoms with Crippen LogP contribution >= 0.6 is 0 Å². The van der Waals surface area contributed by atoms with Crippen molar-refractivity contribution < 1.29 is 19.1 Å². The number of phenols is 1. The topological polar surface area (TPSA) is 75.3 Å². The number of phenolic OH excluding ortho intramolecular Hbond substituents is 1. The van der Waals surface area contributed by atoms with Gasteiger partial charge in [-0.25, -0.2) is 5.01 Å². The number of hydrazone groups is 1. The van der Waals surface area contributed by atoms with E-state index in [0.29, 0.717) is 17.7 Å². The molecule has 6 heteroatoms. The Bertz CT molecular complexity index is 995. The fourth-order valence-electron chi connectivity index (χ4n) is 3.20. The zero-order valence-electron chi connectivity index (χ0n) is 14.7. The van der Waals surface area contributed by atoms with Crippen LogP contribution in [0.25, 0.3) is 0 Å². The molecule has 0 bridgehead atoms. The van der Waals surface area contributed by atoms with Gasteiger partial charge in [0.15, 0.2) is 5.76 Å². The van der Waals surface area contributed by atoms with Crippen molar-refractivity contribution in [1.29, 1.82) is 0 Å². The maximum atomic E-state index is 12.9. The van der Waals surface area contributed by atoms with Crippen molar-refractivity contribution in [2.75, 3.05) is 7.11 Å². The molecule has 1 aliphatic rings. The number of aromatic hydroxyl groups is 1. The molecule has 27 heavy (non-hydrogen) atoms. The first-order chi connectivity index (χ1) is 13.2. The monoisotopic (exact) mass is 362 g/mol. The van der Waals surface area contributed by atoms with Crippen LogP contribution in [-0.2, 0) is 0 Å². The molecule has 1 amide bonds. The second kappa shape index (κ2) is 6.99. The van der Waals surface area contributed by atoms with E-state index in [4.69, 9.17) is 9.15 Å². The highest BCUT2D eigenvalue weighted by Crippen LogP contribution is 2.38. The lowest BCUT2D eigenvalue weighted by Gasteiger charge is -2.21. The van der Waals surface area contributed by atoms with E-state index in [-0.39, 0.29) is 17.4 Å². The number of hydrogen-bond donors (Lipinski definition) is 1. The summed E-state index contributed by atoms with van der Waals surface area (Å²) in [4.78, 5) is 12.9. The van der Waals surface area contributed by atoms with Crippen LogP contribution in [-0.4, -0.2) is 28.8 Å². The predicted octanol–water partition coefficient (Wildman–Crippen LogP) is 3.99. The molecule has 0 radical (unpaired) electrons. The van der Waals surface area contributed by atoms with Crippen LogP contribution in [0.15, 0.2) is 76.4 Å². The van der Waals surface area contributed by atoms with Gasteiger partial charge in [-0.3, -0.25) is 4.79 Å². The Labute approximate surface area is 156 Å². The number of ether oxygens (including phenoxy) is 1. The number of furan rings is 1. The second-order valence-electron chi connectivity index (χ2n) is 6.18. The normalized spacial score (nSPS) is 16.3. The maximum Gasteiger partial charge on any atom is 0.310 e. The van der Waals surface area contributed by atoms with Gasteiger partial charge < -0.3 is 14.3 Å². The molecule has 2 aromatic carbocycles. The largest absolute Gasteiger partial charge is 0.508 e. The smallest absolute Gasteiger partial charge is 0.310 e. The highest BCUT2D eigenvalue weighted by atomic mass is 16.5. The van der Waals surface area contributed by atoms with E-state index in [1.165, 1.54) is 11.3 Å². The van der Waals surface area contributed by atoms with E-state index in [2.05, 4.69) is 5.10 Å². The SMILES string of the molecule is COc1cccc(C2=NN(C(=O)c3ccco3)[C@@H](c3ccccc3O)C2)c1. The standard InChI is InChI=1S/C21H18N2O4/c1-26-15-7-4-6-14(12-15)17-13-18(16-8-2-3-9-19(16)24)23(22-17)21(25)20-10-5-11-27-20/h2-12,18,24H,13H2,1H3/t18-/m1/s1. The Morgan fingerprint density at radius 2 is 2.04 bits per heavy atom. The van der Waals surface area contributed by atoms with Crippen LogP contribution in [0.4, 0.5) is 0 Å². The summed E-state index contributed by atoms with van der Waals surface area (Å²) in [5.74, 6) is 0.684. The number of methoxy groups -OCH3 is 1. The van der Waals surface area contributed by atoms with Crippen LogP contribution in [0.3, 0.4) is 0 Å². The van der Waals surface area contributed by atoms with Crippen LogP contribution in [0.5, 0.6) is 11.5 Å². The fraction of sp³-hybridized carbons (Fsp3) is 0.143. The van der Waals surface area contributed by atoms with Crippen molar-refractivity contribution >= 4 is 11.6 Å². The number of amides is 1. The van der Waals surface area contributed by atoms with E-state index in [1.807, 2.05) is 30.3 Å². The van der Waals surface area contributed by atoms with E-state index in [9.17, 15) is 9.90 Å². The van der Waals surface area contributed by atoms with Crippen LogP contribution < -0.4 is 4.74 Å². The zero-order chi connectivity index (χ0) is 18.8. The van der Waals surface area contributed by atoms with Gasteiger partial charge in [-0.2, -0.15) is 5.10 Å². The first-order valence-electron chi connectivity index (χ1n) is 8.54. The second-order valence-corrected chi connectivity index (χ2v) is 6.18. The molecule has 136 valence electrons. The number of benzene rings is 2. The first kappa shape index (κ1) is 16.9. The van der Waals surface area contributed by atoms with E-state index in [1.54, 1.807) is 37.4 Å². The average Bonchev–Trinajstić information content (AvgIpc) is 3.38. The summed E-state index contributed by atoms with van der Waals surface area (Å²) in [7, 11) is 1.60. The number of para-hydroxylation sites is 1. The third kappa shape index (κ3) is 3.17. The lowest BCUT2D eigenvalue weighted by molar-refractivity contribution is 0.0677. The molecule has 0 unspecified atom stereocenters. The van der Waals surface area contributed by atoms with Gasteiger partial charge in [-0.15, -0.1) is 0 Å². The molecule has 4 rings (SSSR count). The maximum absolute atomic E-state index is 12.9. The Morgan fingerprint density at radius 1 is 1.19 bits per heavy atom. The van der Waals surface area contributed by atoms with Crippen LogP contribution in [0.2, 0.25) is 0 Å². The number of carbonyl (C=O) groups excluding carboxylic acids is 1. The Kier molecular flexibility index (Phi) is 4.38. The third-order valence-electron chi connectivity index (χ3n) is 4.55. The Balaban J connectivity index is 1.75. The molecular weight excluding hydrogens is 344 g/mol. The highest BCUT2D eigenvalue weighted by molar-refractivity contribution is 6.04. The molecule has 3 aromatic rings. The molecule has 0 fully saturated rings. The summed E-state index contributed by atoms with van der Waals surface area (Å²) >= 11 is 0. The summed E-state index contributed by atoms with van der Waals surface area (Å²) in [6.45, 7) is 0. The minimum absolute atomic E-state index is 0.127. The van der Waals surface area contributed by atoms with Gasteiger partial charge in [0.1, 0.15) is 11.5 Å². The molecule has 1 aromatic heterocycles. The average molecular weight is 362 g/mol. The van der Waals surface area contributed by atoms with Crippen molar-refractivity contribution in [1.82, 2.24) is 5.01 Å². The molecule has 0 spiro atoms. The first-order valence-corrected chi connectivity index (χ1v) is 8.54. The minimum Gasteiger partial charge on any atom is -0.508 e. The van der Waals surface area contributed by atoms with Crippen molar-refractivity contribution in [3.05, 3.63) is 83.8 Å². The Hall–Kier alpha value is -3.54. The van der Waals surface area contributed by atoms with Crippen molar-refractivity contribution in [2.24, 2.45) is 5.10 Å². The van der Waals surface area contributed by atoms with E-state index < -0.39 is 6.04 Å². The molecule has 0 aliphatic carbocycles. The summed E-state index contributed by atoms with van der Waals surface area (Å²) in [5.41, 5.74) is 2.24. The van der Waals surface area contributed by atoms with Crippen molar-refractivity contribution in [2.45, 2.75) is 12.5 Å². The summed E-state index contributed by atoms with van der Waals surface area (Å²) in [6, 6.07) is 17.3. The number of nitrogens with zero attached hydrogens (tertiary/aromatic N) is 2. The Morgan fingerprint density at radius 3 is 2.78 bits per heavy atom. The van der Waals surface area contributed by atoms with E-state index >= 15 is 0 Å². The van der Waals surface area contributed by atoms with Gasteiger partial charge in [0, 0.05) is 17.5 Å². The van der Waals surface area contributed by atoms with Gasteiger partial charge in [0.25, 0.3) is 0 Å². The minimum atomic E-state index is -0.426. The molecule has 2 heterocycles. The van der Waals surface area contributed by atoms with Gasteiger partial charge in [0.05, 0.1) is 25.1 Å². The lowest BCUT2D eigenvalue weighted by atomic mass is 9.97. The molecule has 1 aliphatic heterocycles.